The van der Waals surface area contributed by atoms with Crippen LogP contribution in [0.5, 0.6) is 0 Å². The van der Waals surface area contributed by atoms with Gasteiger partial charge in [-0.3, -0.25) is 0 Å². The molecule has 1 aromatic heterocycles. The normalized spacial score (nSPS) is 10.5. The molecule has 0 radical (unpaired) electrons. The summed E-state index contributed by atoms with van der Waals surface area (Å²) < 4.78 is 30.3. The first-order valence-electron chi connectivity index (χ1n) is 10.2. The van der Waals surface area contributed by atoms with E-state index in [2.05, 4.69) is 9.69 Å². The molecule has 0 unspecified atom stereocenters. The van der Waals surface area contributed by atoms with Gasteiger partial charge in [0.15, 0.2) is 0 Å². The maximum atomic E-state index is 14.2. The van der Waals surface area contributed by atoms with Crippen molar-refractivity contribution in [3.05, 3.63) is 106 Å². The SMILES string of the molecule is [C-]#[N+]c1cc(-c2ccc3c(c2)sc2cc(-c4cc(C#N)c(F)c([N+]#[C-])c4)ccc23)cc(C#N)c1F. The second-order valence-corrected chi connectivity index (χ2v) is 8.77. The number of hydrogen-bond acceptors (Lipinski definition) is 3. The topological polar surface area (TPSA) is 56.3 Å². The van der Waals surface area contributed by atoms with E-state index >= 15 is 0 Å². The van der Waals surface area contributed by atoms with E-state index < -0.39 is 11.6 Å². The fourth-order valence-corrected chi connectivity index (χ4v) is 5.20. The number of halogens is 2. The zero-order valence-electron chi connectivity index (χ0n) is 17.7. The van der Waals surface area contributed by atoms with Crippen LogP contribution in [0, 0.1) is 47.4 Å². The summed E-state index contributed by atoms with van der Waals surface area (Å²) in [4.78, 5) is 6.39. The number of nitrogens with zero attached hydrogens (tertiary/aromatic N) is 4. The van der Waals surface area contributed by atoms with E-state index in [1.807, 2.05) is 36.4 Å². The molecule has 0 saturated carbocycles. The maximum absolute atomic E-state index is 14.2. The van der Waals surface area contributed by atoms with Crippen LogP contribution in [0.25, 0.3) is 52.1 Å². The fraction of sp³-hybridized carbons (Fsp3) is 0. The molecule has 0 bridgehead atoms. The van der Waals surface area contributed by atoms with Gasteiger partial charge >= 0.3 is 0 Å². The third-order valence-corrected chi connectivity index (χ3v) is 6.84. The zero-order valence-corrected chi connectivity index (χ0v) is 18.5. The number of rotatable bonds is 2. The quantitative estimate of drug-likeness (QED) is 0.242. The second kappa shape index (κ2) is 8.36. The Bertz CT molecular complexity index is 1670. The molecular weight excluding hydrogens is 462 g/mol. The summed E-state index contributed by atoms with van der Waals surface area (Å²) in [5.74, 6) is -1.63. The first-order valence-corrected chi connectivity index (χ1v) is 11.0. The minimum Gasteiger partial charge on any atom is -0.235 e. The largest absolute Gasteiger partial charge is 0.235 e. The molecule has 5 rings (SSSR count). The highest BCUT2D eigenvalue weighted by molar-refractivity contribution is 7.25. The molecule has 0 atom stereocenters. The smallest absolute Gasteiger partial charge is 0.224 e. The predicted octanol–water partition coefficient (Wildman–Crippen LogP) is 8.51. The lowest BCUT2D eigenvalue weighted by molar-refractivity contribution is 0.629. The number of fused-ring (bicyclic) bond motifs is 3. The Morgan fingerprint density at radius 1 is 0.629 bits per heavy atom. The maximum Gasteiger partial charge on any atom is 0.224 e. The Balaban J connectivity index is 1.65. The van der Waals surface area contributed by atoms with Crippen LogP contribution in [0.3, 0.4) is 0 Å². The molecule has 7 heteroatoms. The Hall–Kier alpha value is -5.08. The number of thiophene rings is 1. The van der Waals surface area contributed by atoms with Gasteiger partial charge in [0.05, 0.1) is 24.3 Å². The van der Waals surface area contributed by atoms with Crippen molar-refractivity contribution in [3.63, 3.8) is 0 Å². The molecule has 0 N–H and O–H groups in total. The van der Waals surface area contributed by atoms with Crippen LogP contribution >= 0.6 is 11.3 Å². The molecule has 5 aromatic rings. The van der Waals surface area contributed by atoms with E-state index in [0.29, 0.717) is 11.1 Å². The summed E-state index contributed by atoms with van der Waals surface area (Å²) in [6.45, 7) is 14.4. The molecule has 0 spiro atoms. The van der Waals surface area contributed by atoms with E-state index in [4.69, 9.17) is 13.1 Å². The van der Waals surface area contributed by atoms with Gasteiger partial charge in [-0.1, -0.05) is 24.3 Å². The Morgan fingerprint density at radius 2 is 1.06 bits per heavy atom. The molecule has 0 aliphatic rings. The van der Waals surface area contributed by atoms with Crippen LogP contribution in [0.2, 0.25) is 0 Å². The molecule has 35 heavy (non-hydrogen) atoms. The minimum atomic E-state index is -0.816. The molecule has 162 valence electrons. The van der Waals surface area contributed by atoms with Gasteiger partial charge in [0.25, 0.3) is 0 Å². The summed E-state index contributed by atoms with van der Waals surface area (Å²) in [7, 11) is 0. The molecule has 0 aliphatic heterocycles. The van der Waals surface area contributed by atoms with Crippen LogP contribution in [0.15, 0.2) is 60.7 Å². The zero-order chi connectivity index (χ0) is 24.7. The van der Waals surface area contributed by atoms with E-state index in [0.717, 1.165) is 31.3 Å². The lowest BCUT2D eigenvalue weighted by Crippen LogP contribution is -1.87. The van der Waals surface area contributed by atoms with Crippen molar-refractivity contribution in [3.8, 4) is 34.4 Å². The number of nitriles is 2. The van der Waals surface area contributed by atoms with Gasteiger partial charge in [-0.15, -0.1) is 11.3 Å². The summed E-state index contributed by atoms with van der Waals surface area (Å²) >= 11 is 1.53. The second-order valence-electron chi connectivity index (χ2n) is 7.68. The van der Waals surface area contributed by atoms with Gasteiger partial charge in [0.2, 0.25) is 11.4 Å². The lowest BCUT2D eigenvalue weighted by Gasteiger charge is -2.06. The monoisotopic (exact) mass is 472 g/mol. The number of hydrogen-bond donors (Lipinski definition) is 0. The van der Waals surface area contributed by atoms with Crippen molar-refractivity contribution in [1.29, 1.82) is 10.5 Å². The van der Waals surface area contributed by atoms with E-state index in [1.54, 1.807) is 12.1 Å². The highest BCUT2D eigenvalue weighted by Gasteiger charge is 2.15. The van der Waals surface area contributed by atoms with Gasteiger partial charge in [0, 0.05) is 20.2 Å². The number of benzene rings is 4. The molecule has 1 heterocycles. The van der Waals surface area contributed by atoms with Crippen LogP contribution in [-0.2, 0) is 0 Å². The first kappa shape index (κ1) is 21.7. The molecule has 0 aliphatic carbocycles. The average molecular weight is 472 g/mol. The highest BCUT2D eigenvalue weighted by Crippen LogP contribution is 2.40. The van der Waals surface area contributed by atoms with Crippen molar-refractivity contribution in [2.45, 2.75) is 0 Å². The minimum absolute atomic E-state index is 0.176. The van der Waals surface area contributed by atoms with E-state index in [1.165, 1.54) is 35.6 Å². The highest BCUT2D eigenvalue weighted by atomic mass is 32.1. The molecule has 4 nitrogen and oxygen atoms in total. The summed E-state index contributed by atoms with van der Waals surface area (Å²) in [5.41, 5.74) is 1.92. The van der Waals surface area contributed by atoms with Crippen LogP contribution in [0.1, 0.15) is 11.1 Å². The van der Waals surface area contributed by atoms with Crippen LogP contribution in [-0.4, -0.2) is 0 Å². The van der Waals surface area contributed by atoms with Crippen molar-refractivity contribution in [2.24, 2.45) is 0 Å². The van der Waals surface area contributed by atoms with E-state index in [9.17, 15) is 19.3 Å². The summed E-state index contributed by atoms with van der Waals surface area (Å²) in [6, 6.07) is 20.8. The summed E-state index contributed by atoms with van der Waals surface area (Å²) in [5, 5.41) is 20.5. The third-order valence-electron chi connectivity index (χ3n) is 5.73. The van der Waals surface area contributed by atoms with Gasteiger partial charge in [-0.05, 0) is 58.7 Å². The van der Waals surface area contributed by atoms with Crippen molar-refractivity contribution in [2.75, 3.05) is 0 Å². The van der Waals surface area contributed by atoms with Crippen LogP contribution in [0.4, 0.5) is 20.2 Å². The third kappa shape index (κ3) is 3.54. The predicted molar refractivity (Wildman–Crippen MR) is 132 cm³/mol. The summed E-state index contributed by atoms with van der Waals surface area (Å²) in [6.07, 6.45) is 0. The van der Waals surface area contributed by atoms with Gasteiger partial charge in [-0.25, -0.2) is 18.5 Å². The molecule has 0 fully saturated rings. The van der Waals surface area contributed by atoms with Gasteiger partial charge in [0.1, 0.15) is 23.8 Å². The Labute approximate surface area is 202 Å². The van der Waals surface area contributed by atoms with E-state index in [-0.39, 0.29) is 22.5 Å². The van der Waals surface area contributed by atoms with Crippen molar-refractivity contribution in [1.82, 2.24) is 0 Å². The molecule has 0 amide bonds. The van der Waals surface area contributed by atoms with Gasteiger partial charge < -0.3 is 0 Å². The van der Waals surface area contributed by atoms with Crippen molar-refractivity contribution >= 4 is 42.9 Å². The molecule has 0 saturated heterocycles. The average Bonchev–Trinajstić information content (AvgIpc) is 3.26. The fourth-order valence-electron chi connectivity index (χ4n) is 4.01. The molecular formula is C28H10F2N4S. The molecule has 4 aromatic carbocycles. The Morgan fingerprint density at radius 3 is 1.43 bits per heavy atom. The van der Waals surface area contributed by atoms with Crippen LogP contribution < -0.4 is 0 Å². The lowest BCUT2D eigenvalue weighted by atomic mass is 9.99. The Kier molecular flexibility index (Phi) is 5.20. The first-order chi connectivity index (χ1) is 17.0. The standard InChI is InChI=1S/C28H10F2N4S/c1-33-23-9-17(7-19(13-31)27(23)29)15-3-5-21-22-6-4-16(12-26(22)35-25(21)11-15)18-8-20(14-32)28(30)24(10-18)34-2/h3-12H. The van der Waals surface area contributed by atoms with Crippen molar-refractivity contribution < 1.29 is 8.78 Å². The van der Waals surface area contributed by atoms with Gasteiger partial charge in [-0.2, -0.15) is 10.5 Å².